The lowest BCUT2D eigenvalue weighted by Crippen LogP contribution is -2.52. The van der Waals surface area contributed by atoms with Crippen molar-refractivity contribution in [2.75, 3.05) is 26.4 Å². The first-order valence-electron chi connectivity index (χ1n) is 6.89. The molecule has 0 atom stereocenters. The third-order valence-corrected chi connectivity index (χ3v) is 3.49. The Balaban J connectivity index is 1.70. The van der Waals surface area contributed by atoms with Crippen molar-refractivity contribution in [3.63, 3.8) is 0 Å². The van der Waals surface area contributed by atoms with Gasteiger partial charge in [-0.3, -0.25) is 9.59 Å². The molecule has 2 aliphatic rings. The van der Waals surface area contributed by atoms with E-state index >= 15 is 0 Å². The molecule has 0 aromatic heterocycles. The highest BCUT2D eigenvalue weighted by molar-refractivity contribution is 5.66. The van der Waals surface area contributed by atoms with E-state index in [1.807, 2.05) is 0 Å². The molecule has 2 fully saturated rings. The lowest BCUT2D eigenvalue weighted by atomic mass is 9.90. The molecule has 120 valence electrons. The minimum Gasteiger partial charge on any atom is -0.481 e. The summed E-state index contributed by atoms with van der Waals surface area (Å²) in [7, 11) is 0. The highest BCUT2D eigenvalue weighted by Gasteiger charge is 2.41. The molecule has 0 bridgehead atoms. The Morgan fingerprint density at radius 3 is 1.43 bits per heavy atom. The second-order valence-electron chi connectivity index (χ2n) is 5.47. The van der Waals surface area contributed by atoms with Crippen LogP contribution in [-0.4, -0.2) is 61.2 Å². The fourth-order valence-corrected chi connectivity index (χ4v) is 2.24. The van der Waals surface area contributed by atoms with E-state index in [0.717, 1.165) is 0 Å². The Hall–Kier alpha value is -1.22. The zero-order chi connectivity index (χ0) is 15.3. The minimum absolute atomic E-state index is 0.00191. The highest BCUT2D eigenvalue weighted by Crippen LogP contribution is 2.31. The predicted molar refractivity (Wildman–Crippen MR) is 67.6 cm³/mol. The van der Waals surface area contributed by atoms with E-state index in [2.05, 4.69) is 0 Å². The number of rotatable bonds is 6. The lowest BCUT2D eigenvalue weighted by Gasteiger charge is -2.43. The van der Waals surface area contributed by atoms with E-state index < -0.39 is 24.5 Å². The van der Waals surface area contributed by atoms with Crippen LogP contribution >= 0.6 is 0 Å². The first-order chi connectivity index (χ1) is 9.99. The van der Waals surface area contributed by atoms with Crippen LogP contribution in [0.2, 0.25) is 0 Å². The van der Waals surface area contributed by atoms with Crippen molar-refractivity contribution >= 4 is 11.9 Å². The smallest absolute Gasteiger partial charge is 0.303 e. The average Bonchev–Trinajstić information content (AvgIpc) is 2.46. The number of carbonyl (C=O) groups is 2. The van der Waals surface area contributed by atoms with Crippen molar-refractivity contribution in [3.8, 4) is 0 Å². The van der Waals surface area contributed by atoms with Crippen LogP contribution in [0.5, 0.6) is 0 Å². The molecule has 0 radical (unpaired) electrons. The fraction of sp³-hybridized carbons (Fsp3) is 0.846. The van der Waals surface area contributed by atoms with Gasteiger partial charge in [0.2, 0.25) is 0 Å². The molecule has 2 rings (SSSR count). The maximum absolute atomic E-state index is 10.5. The zero-order valence-corrected chi connectivity index (χ0v) is 11.7. The summed E-state index contributed by atoms with van der Waals surface area (Å²) >= 11 is 0. The molecule has 0 aliphatic carbocycles. The van der Waals surface area contributed by atoms with Crippen LogP contribution in [0.25, 0.3) is 0 Å². The van der Waals surface area contributed by atoms with E-state index in [1.54, 1.807) is 0 Å². The number of carboxylic acids is 2. The van der Waals surface area contributed by atoms with Gasteiger partial charge in [0.1, 0.15) is 0 Å². The Bertz CT molecular complexity index is 327. The van der Waals surface area contributed by atoms with Crippen molar-refractivity contribution in [1.29, 1.82) is 0 Å². The molecule has 1 spiro atoms. The molecule has 21 heavy (non-hydrogen) atoms. The molecule has 0 amide bonds. The second-order valence-corrected chi connectivity index (χ2v) is 5.47. The predicted octanol–water partition coefficient (Wildman–Crippen LogP) is 0.448. The first kappa shape index (κ1) is 16.2. The number of carboxylic acid groups (broad SMARTS) is 2. The van der Waals surface area contributed by atoms with Gasteiger partial charge in [0, 0.05) is 12.8 Å². The lowest BCUT2D eigenvalue weighted by molar-refractivity contribution is -0.304. The van der Waals surface area contributed by atoms with Crippen molar-refractivity contribution in [2.24, 2.45) is 5.41 Å². The van der Waals surface area contributed by atoms with Gasteiger partial charge < -0.3 is 29.2 Å². The Labute approximate surface area is 121 Å². The number of ether oxygens (including phenoxy) is 4. The molecule has 0 unspecified atom stereocenters. The van der Waals surface area contributed by atoms with Gasteiger partial charge in [-0.1, -0.05) is 0 Å². The summed E-state index contributed by atoms with van der Waals surface area (Å²) in [6.07, 6.45) is -0.375. The number of hydrogen-bond donors (Lipinski definition) is 2. The molecular formula is C13H20O8. The maximum atomic E-state index is 10.5. The van der Waals surface area contributed by atoms with E-state index in [-0.39, 0.29) is 18.3 Å². The number of aliphatic carboxylic acids is 2. The van der Waals surface area contributed by atoms with Gasteiger partial charge >= 0.3 is 11.9 Å². The second kappa shape index (κ2) is 7.17. The van der Waals surface area contributed by atoms with Gasteiger partial charge in [0.15, 0.2) is 12.6 Å². The monoisotopic (exact) mass is 304 g/mol. The fourth-order valence-electron chi connectivity index (χ4n) is 2.24. The van der Waals surface area contributed by atoms with Gasteiger partial charge in [-0.2, -0.15) is 0 Å². The van der Waals surface area contributed by atoms with Crippen LogP contribution in [0.3, 0.4) is 0 Å². The SMILES string of the molecule is O=C(O)CCC1OCC2(CO1)COC(CCC(=O)O)OC2. The summed E-state index contributed by atoms with van der Waals surface area (Å²) in [6.45, 7) is 1.51. The summed E-state index contributed by atoms with van der Waals surface area (Å²) in [6, 6.07) is 0. The molecule has 8 heteroatoms. The first-order valence-corrected chi connectivity index (χ1v) is 6.89. The largest absolute Gasteiger partial charge is 0.481 e. The van der Waals surface area contributed by atoms with Crippen molar-refractivity contribution in [3.05, 3.63) is 0 Å². The molecule has 0 aromatic rings. The van der Waals surface area contributed by atoms with Gasteiger partial charge in [-0.05, 0) is 0 Å². The topological polar surface area (TPSA) is 112 Å². The van der Waals surface area contributed by atoms with Crippen LogP contribution in [0.15, 0.2) is 0 Å². The standard InChI is InChI=1S/C13H20O8/c14-9(15)1-3-11-18-5-13(6-19-11)7-20-12(21-8-13)4-2-10(16)17/h11-12H,1-8H2,(H,14,15)(H,16,17). The van der Waals surface area contributed by atoms with Crippen LogP contribution < -0.4 is 0 Å². The van der Waals surface area contributed by atoms with Gasteiger partial charge in [0.25, 0.3) is 0 Å². The maximum Gasteiger partial charge on any atom is 0.303 e. The van der Waals surface area contributed by atoms with E-state index in [9.17, 15) is 9.59 Å². The molecule has 0 aromatic carbocycles. The number of hydrogen-bond acceptors (Lipinski definition) is 6. The summed E-state index contributed by atoms with van der Waals surface area (Å²) in [5.41, 5.74) is -0.389. The molecule has 0 saturated carbocycles. The molecule has 2 N–H and O–H groups in total. The molecule has 8 nitrogen and oxygen atoms in total. The Morgan fingerprint density at radius 1 is 0.810 bits per heavy atom. The van der Waals surface area contributed by atoms with Crippen molar-refractivity contribution in [1.82, 2.24) is 0 Å². The molecule has 2 saturated heterocycles. The van der Waals surface area contributed by atoms with E-state index in [1.165, 1.54) is 0 Å². The van der Waals surface area contributed by atoms with Crippen LogP contribution in [0.4, 0.5) is 0 Å². The quantitative estimate of drug-likeness (QED) is 0.727. The Kier molecular flexibility index (Phi) is 5.51. The van der Waals surface area contributed by atoms with E-state index in [0.29, 0.717) is 39.3 Å². The zero-order valence-electron chi connectivity index (χ0n) is 11.7. The normalized spacial score (nSPS) is 33.0. The third-order valence-electron chi connectivity index (χ3n) is 3.49. The molecule has 2 heterocycles. The van der Waals surface area contributed by atoms with Gasteiger partial charge in [-0.25, -0.2) is 0 Å². The Morgan fingerprint density at radius 2 is 1.14 bits per heavy atom. The minimum atomic E-state index is -0.881. The van der Waals surface area contributed by atoms with E-state index in [4.69, 9.17) is 29.2 Å². The highest BCUT2D eigenvalue weighted by atomic mass is 16.7. The van der Waals surface area contributed by atoms with Gasteiger partial charge in [0.05, 0.1) is 44.7 Å². The summed E-state index contributed by atoms with van der Waals surface area (Å²) in [5, 5.41) is 17.2. The summed E-state index contributed by atoms with van der Waals surface area (Å²) in [4.78, 5) is 21.0. The summed E-state index contributed by atoms with van der Waals surface area (Å²) in [5.74, 6) is -1.76. The summed E-state index contributed by atoms with van der Waals surface area (Å²) < 4.78 is 22.1. The van der Waals surface area contributed by atoms with Crippen LogP contribution in [-0.2, 0) is 28.5 Å². The van der Waals surface area contributed by atoms with Crippen molar-refractivity contribution < 1.29 is 38.7 Å². The van der Waals surface area contributed by atoms with Gasteiger partial charge in [-0.15, -0.1) is 0 Å². The molecule has 2 aliphatic heterocycles. The van der Waals surface area contributed by atoms with Crippen molar-refractivity contribution in [2.45, 2.75) is 38.3 Å². The third kappa shape index (κ3) is 4.92. The van der Waals surface area contributed by atoms with Crippen LogP contribution in [0.1, 0.15) is 25.7 Å². The van der Waals surface area contributed by atoms with Crippen LogP contribution in [0, 0.1) is 5.41 Å². The molecular weight excluding hydrogens is 284 g/mol. The average molecular weight is 304 g/mol.